The van der Waals surface area contributed by atoms with Crippen LogP contribution in [0.3, 0.4) is 0 Å². The molecule has 0 aromatic carbocycles. The highest BCUT2D eigenvalue weighted by atomic mass is 16.6. The molecule has 1 heterocycles. The summed E-state index contributed by atoms with van der Waals surface area (Å²) in [7, 11) is 0. The van der Waals surface area contributed by atoms with Crippen molar-refractivity contribution in [2.24, 2.45) is 5.92 Å². The van der Waals surface area contributed by atoms with Crippen LogP contribution >= 0.6 is 0 Å². The zero-order valence-electron chi connectivity index (χ0n) is 12.8. The summed E-state index contributed by atoms with van der Waals surface area (Å²) in [5, 5.41) is 2.86. The van der Waals surface area contributed by atoms with Crippen LogP contribution < -0.4 is 5.32 Å². The Bertz CT molecular complexity index is 370. The minimum Gasteiger partial charge on any atom is -0.444 e. The highest BCUT2D eigenvalue weighted by Crippen LogP contribution is 2.27. The van der Waals surface area contributed by atoms with Gasteiger partial charge in [-0.15, -0.1) is 0 Å². The maximum atomic E-state index is 12.3. The van der Waals surface area contributed by atoms with Gasteiger partial charge >= 0.3 is 6.09 Å². The maximum absolute atomic E-state index is 12.3. The highest BCUT2D eigenvalue weighted by Gasteiger charge is 2.33. The lowest BCUT2D eigenvalue weighted by Gasteiger charge is -2.23. The summed E-state index contributed by atoms with van der Waals surface area (Å²) in [6.07, 6.45) is 4.82. The van der Waals surface area contributed by atoms with E-state index in [4.69, 9.17) is 4.74 Å². The monoisotopic (exact) mass is 282 g/mol. The van der Waals surface area contributed by atoms with Gasteiger partial charge in [-0.2, -0.15) is 0 Å². The molecule has 0 aromatic heterocycles. The number of amides is 2. The van der Waals surface area contributed by atoms with Gasteiger partial charge < -0.3 is 15.0 Å². The van der Waals surface area contributed by atoms with Crippen molar-refractivity contribution in [1.29, 1.82) is 0 Å². The number of carbonyl (C=O) groups is 2. The summed E-state index contributed by atoms with van der Waals surface area (Å²) < 4.78 is 5.24. The Morgan fingerprint density at radius 3 is 2.40 bits per heavy atom. The lowest BCUT2D eigenvalue weighted by molar-refractivity contribution is -0.134. The van der Waals surface area contributed by atoms with Gasteiger partial charge in [0.05, 0.1) is 6.04 Å². The number of rotatable bonds is 2. The molecule has 1 aliphatic heterocycles. The fourth-order valence-corrected chi connectivity index (χ4v) is 2.98. The molecular weight excluding hydrogens is 256 g/mol. The lowest BCUT2D eigenvalue weighted by atomic mass is 10.1. The summed E-state index contributed by atoms with van der Waals surface area (Å²) in [5.41, 5.74) is -0.484. The van der Waals surface area contributed by atoms with E-state index in [0.717, 1.165) is 25.8 Å². The van der Waals surface area contributed by atoms with Crippen LogP contribution in [0.4, 0.5) is 4.79 Å². The topological polar surface area (TPSA) is 58.6 Å². The maximum Gasteiger partial charge on any atom is 0.407 e. The molecule has 2 fully saturated rings. The number of nitrogens with one attached hydrogen (secondary N) is 1. The molecular formula is C15H26N2O3. The van der Waals surface area contributed by atoms with E-state index in [2.05, 4.69) is 5.32 Å². The second-order valence-electron chi connectivity index (χ2n) is 6.90. The van der Waals surface area contributed by atoms with Gasteiger partial charge in [0.25, 0.3) is 0 Å². The second kappa shape index (κ2) is 6.02. The van der Waals surface area contributed by atoms with Gasteiger partial charge in [-0.1, -0.05) is 12.8 Å². The molecule has 0 aromatic rings. The molecule has 114 valence electrons. The normalized spacial score (nSPS) is 23.9. The summed E-state index contributed by atoms with van der Waals surface area (Å²) in [4.78, 5) is 25.9. The summed E-state index contributed by atoms with van der Waals surface area (Å²) in [6, 6.07) is 0.0233. The third-order valence-corrected chi connectivity index (χ3v) is 3.93. The summed E-state index contributed by atoms with van der Waals surface area (Å²) in [6.45, 7) is 6.90. The van der Waals surface area contributed by atoms with Gasteiger partial charge in [0, 0.05) is 19.0 Å². The minimum atomic E-state index is -0.484. The fourth-order valence-electron chi connectivity index (χ4n) is 2.98. The van der Waals surface area contributed by atoms with Crippen molar-refractivity contribution >= 4 is 12.0 Å². The van der Waals surface area contributed by atoms with Crippen LogP contribution in [0.5, 0.6) is 0 Å². The van der Waals surface area contributed by atoms with Crippen molar-refractivity contribution in [1.82, 2.24) is 10.2 Å². The molecule has 0 bridgehead atoms. The largest absolute Gasteiger partial charge is 0.444 e. The van der Waals surface area contributed by atoms with Gasteiger partial charge in [0.15, 0.2) is 0 Å². The Hall–Kier alpha value is -1.26. The van der Waals surface area contributed by atoms with Crippen LogP contribution in [0.1, 0.15) is 52.9 Å². The minimum absolute atomic E-state index is 0.0233. The molecule has 1 unspecified atom stereocenters. The third kappa shape index (κ3) is 4.12. The van der Waals surface area contributed by atoms with E-state index in [1.165, 1.54) is 12.8 Å². The van der Waals surface area contributed by atoms with Gasteiger partial charge in [0.2, 0.25) is 5.91 Å². The van der Waals surface area contributed by atoms with E-state index in [1.54, 1.807) is 0 Å². The molecule has 2 rings (SSSR count). The Morgan fingerprint density at radius 2 is 1.80 bits per heavy atom. The van der Waals surface area contributed by atoms with Crippen LogP contribution in [0.15, 0.2) is 0 Å². The zero-order valence-corrected chi connectivity index (χ0v) is 12.8. The van der Waals surface area contributed by atoms with Crippen LogP contribution in [0.2, 0.25) is 0 Å². The first-order valence-electron chi connectivity index (χ1n) is 7.63. The molecule has 5 heteroatoms. The van der Waals surface area contributed by atoms with Gasteiger partial charge in [-0.3, -0.25) is 4.79 Å². The molecule has 2 amide bonds. The first-order valence-corrected chi connectivity index (χ1v) is 7.63. The summed E-state index contributed by atoms with van der Waals surface area (Å²) in [5.74, 6) is 0.492. The van der Waals surface area contributed by atoms with Crippen LogP contribution in [0, 0.1) is 5.92 Å². The Labute approximate surface area is 121 Å². The van der Waals surface area contributed by atoms with Crippen LogP contribution in [-0.2, 0) is 9.53 Å². The number of likely N-dealkylation sites (tertiary alicyclic amines) is 1. The van der Waals surface area contributed by atoms with Gasteiger partial charge in [-0.05, 0) is 40.0 Å². The number of ether oxygens (including phenoxy) is 1. The van der Waals surface area contributed by atoms with Crippen molar-refractivity contribution < 1.29 is 14.3 Å². The number of alkyl carbamates (subject to hydrolysis) is 1. The molecule has 20 heavy (non-hydrogen) atoms. The second-order valence-corrected chi connectivity index (χ2v) is 6.90. The van der Waals surface area contributed by atoms with E-state index in [-0.39, 0.29) is 17.9 Å². The molecule has 0 radical (unpaired) electrons. The van der Waals surface area contributed by atoms with Crippen molar-refractivity contribution in [3.05, 3.63) is 0 Å². The summed E-state index contributed by atoms with van der Waals surface area (Å²) >= 11 is 0. The molecule has 0 spiro atoms. The van der Waals surface area contributed by atoms with E-state index in [9.17, 15) is 9.59 Å². The van der Waals surface area contributed by atoms with E-state index < -0.39 is 11.7 Å². The molecule has 1 atom stereocenters. The average Bonchev–Trinajstić information content (AvgIpc) is 2.95. The quantitative estimate of drug-likeness (QED) is 0.845. The molecule has 5 nitrogen and oxygen atoms in total. The Morgan fingerprint density at radius 1 is 1.15 bits per heavy atom. The lowest BCUT2D eigenvalue weighted by Crippen LogP contribution is -2.42. The number of hydrogen-bond acceptors (Lipinski definition) is 3. The standard InChI is InChI=1S/C15H26N2O3/c1-15(2,3)20-14(19)16-12-8-9-17(10-12)13(18)11-6-4-5-7-11/h11-12H,4-10H2,1-3H3,(H,16,19). The Kier molecular flexibility index (Phi) is 4.55. The van der Waals surface area contributed by atoms with E-state index >= 15 is 0 Å². The van der Waals surface area contributed by atoms with Crippen molar-refractivity contribution in [2.45, 2.75) is 64.5 Å². The van der Waals surface area contributed by atoms with Gasteiger partial charge in [0.1, 0.15) is 5.60 Å². The highest BCUT2D eigenvalue weighted by molar-refractivity contribution is 5.79. The number of nitrogens with zero attached hydrogens (tertiary/aromatic N) is 1. The smallest absolute Gasteiger partial charge is 0.407 e. The predicted molar refractivity (Wildman–Crippen MR) is 76.3 cm³/mol. The fraction of sp³-hybridized carbons (Fsp3) is 0.867. The van der Waals surface area contributed by atoms with Crippen molar-refractivity contribution in [2.75, 3.05) is 13.1 Å². The molecule has 1 saturated carbocycles. The Balaban J connectivity index is 1.77. The average molecular weight is 282 g/mol. The van der Waals surface area contributed by atoms with Gasteiger partial charge in [-0.25, -0.2) is 4.79 Å². The predicted octanol–water partition coefficient (Wildman–Crippen LogP) is 2.30. The molecule has 2 aliphatic rings. The third-order valence-electron chi connectivity index (χ3n) is 3.93. The SMILES string of the molecule is CC(C)(C)OC(=O)NC1CCN(C(=O)C2CCCC2)C1. The number of hydrogen-bond donors (Lipinski definition) is 1. The molecule has 1 saturated heterocycles. The van der Waals surface area contributed by atoms with E-state index in [1.807, 2.05) is 25.7 Å². The van der Waals surface area contributed by atoms with Crippen LogP contribution in [0.25, 0.3) is 0 Å². The molecule has 1 N–H and O–H groups in total. The zero-order chi connectivity index (χ0) is 14.8. The first kappa shape index (κ1) is 15.1. The van der Waals surface area contributed by atoms with Crippen molar-refractivity contribution in [3.63, 3.8) is 0 Å². The number of carbonyl (C=O) groups excluding carboxylic acids is 2. The van der Waals surface area contributed by atoms with E-state index in [0.29, 0.717) is 6.54 Å². The van der Waals surface area contributed by atoms with Crippen molar-refractivity contribution in [3.8, 4) is 0 Å². The molecule has 1 aliphatic carbocycles. The van der Waals surface area contributed by atoms with Crippen LogP contribution in [-0.4, -0.2) is 41.6 Å². The first-order chi connectivity index (χ1) is 9.35.